The minimum Gasteiger partial charge on any atom is -0.465 e. The first-order chi connectivity index (χ1) is 14.6. The number of nitrogens with zero attached hydrogens (tertiary/aromatic N) is 1. The Balaban J connectivity index is 1.10. The maximum Gasteiger partial charge on any atom is 0.337 e. The third-order valence-electron chi connectivity index (χ3n) is 8.09. The molecule has 1 aliphatic heterocycles. The van der Waals surface area contributed by atoms with E-state index in [1.165, 1.54) is 26.4 Å². The molecule has 1 aromatic rings. The molecule has 3 fully saturated rings. The molecule has 3 aliphatic carbocycles. The lowest BCUT2D eigenvalue weighted by atomic mass is 9.88. The van der Waals surface area contributed by atoms with Gasteiger partial charge < -0.3 is 15.0 Å². The topological polar surface area (TPSA) is 58.6 Å². The molecule has 5 heteroatoms. The van der Waals surface area contributed by atoms with E-state index < -0.39 is 0 Å². The van der Waals surface area contributed by atoms with Gasteiger partial charge in [-0.3, -0.25) is 4.79 Å². The number of allylic oxidation sites excluding steroid dienone is 2. The Morgan fingerprint density at radius 2 is 2.03 bits per heavy atom. The highest BCUT2D eigenvalue weighted by molar-refractivity contribution is 5.89. The summed E-state index contributed by atoms with van der Waals surface area (Å²) < 4.78 is 4.74. The number of esters is 1. The van der Waals surface area contributed by atoms with E-state index in [2.05, 4.69) is 22.4 Å². The van der Waals surface area contributed by atoms with Crippen molar-refractivity contribution < 1.29 is 14.3 Å². The van der Waals surface area contributed by atoms with Crippen LogP contribution in [0.3, 0.4) is 0 Å². The number of ether oxygens (including phenoxy) is 1. The Kier molecular flexibility index (Phi) is 5.18. The Hall–Kier alpha value is -2.14. The predicted molar refractivity (Wildman–Crippen MR) is 115 cm³/mol. The van der Waals surface area contributed by atoms with Crippen LogP contribution < -0.4 is 5.32 Å². The van der Waals surface area contributed by atoms with Crippen LogP contribution in [0.25, 0.3) is 0 Å². The van der Waals surface area contributed by atoms with E-state index in [1.807, 2.05) is 12.1 Å². The highest BCUT2D eigenvalue weighted by atomic mass is 16.5. The van der Waals surface area contributed by atoms with E-state index >= 15 is 0 Å². The normalized spacial score (nSPS) is 30.4. The van der Waals surface area contributed by atoms with Gasteiger partial charge in [0.05, 0.1) is 12.7 Å². The van der Waals surface area contributed by atoms with Gasteiger partial charge in [-0.15, -0.1) is 0 Å². The molecule has 1 spiro atoms. The molecule has 1 heterocycles. The van der Waals surface area contributed by atoms with Gasteiger partial charge in [0.2, 0.25) is 5.91 Å². The summed E-state index contributed by atoms with van der Waals surface area (Å²) in [4.78, 5) is 26.3. The fourth-order valence-electron chi connectivity index (χ4n) is 6.31. The molecule has 2 saturated carbocycles. The Morgan fingerprint density at radius 1 is 1.23 bits per heavy atom. The molecule has 0 aromatic heterocycles. The van der Waals surface area contributed by atoms with Crippen molar-refractivity contribution in [3.63, 3.8) is 0 Å². The van der Waals surface area contributed by atoms with Gasteiger partial charge in [-0.05, 0) is 79.5 Å². The van der Waals surface area contributed by atoms with Gasteiger partial charge in [0.25, 0.3) is 0 Å². The zero-order chi connectivity index (χ0) is 20.7. The molecule has 1 saturated heterocycles. The number of carbonyl (C=O) groups excluding carboxylic acids is 2. The Bertz CT molecular complexity index is 842. The molecule has 5 nitrogen and oxygen atoms in total. The van der Waals surface area contributed by atoms with Crippen molar-refractivity contribution in [3.8, 4) is 0 Å². The SMILES string of the molecule is COC(=O)c1ccc(CNCCC2CCC(=O)N2CC2CC3C=CC2C32CC2)cc1. The summed E-state index contributed by atoms with van der Waals surface area (Å²) in [6.07, 6.45) is 11.7. The van der Waals surface area contributed by atoms with Crippen LogP contribution >= 0.6 is 0 Å². The molecule has 1 amide bonds. The number of nitrogens with one attached hydrogen (secondary N) is 1. The van der Waals surface area contributed by atoms with Crippen LogP contribution in [0.2, 0.25) is 0 Å². The van der Waals surface area contributed by atoms with E-state index in [4.69, 9.17) is 4.74 Å². The first-order valence-corrected chi connectivity index (χ1v) is 11.5. The third-order valence-corrected chi connectivity index (χ3v) is 8.09. The summed E-state index contributed by atoms with van der Waals surface area (Å²) in [6, 6.07) is 7.90. The minimum absolute atomic E-state index is 0.306. The van der Waals surface area contributed by atoms with Crippen LogP contribution in [0.5, 0.6) is 0 Å². The smallest absolute Gasteiger partial charge is 0.337 e. The quantitative estimate of drug-likeness (QED) is 0.406. The zero-order valence-corrected chi connectivity index (χ0v) is 17.8. The van der Waals surface area contributed by atoms with E-state index in [-0.39, 0.29) is 5.97 Å². The standard InChI is InChI=1S/C25H32N2O3/c1-30-24(29)18-4-2-17(3-5-18)15-26-13-10-21-7-9-23(28)27(21)16-19-14-20-6-8-22(19)25(20)11-12-25/h2-6,8,19-22,26H,7,9-16H2,1H3. The van der Waals surface area contributed by atoms with E-state index in [0.29, 0.717) is 35.3 Å². The Labute approximate surface area is 178 Å². The van der Waals surface area contributed by atoms with Gasteiger partial charge in [-0.1, -0.05) is 24.3 Å². The molecule has 30 heavy (non-hydrogen) atoms. The molecular weight excluding hydrogens is 376 g/mol. The average Bonchev–Trinajstić information content (AvgIpc) is 3.32. The molecule has 4 aliphatic rings. The summed E-state index contributed by atoms with van der Waals surface area (Å²) in [6.45, 7) is 2.63. The molecule has 0 radical (unpaired) electrons. The number of methoxy groups -OCH3 is 1. The van der Waals surface area contributed by atoms with Crippen LogP contribution in [0.1, 0.15) is 54.4 Å². The number of amides is 1. The van der Waals surface area contributed by atoms with Crippen LogP contribution in [-0.2, 0) is 16.1 Å². The average molecular weight is 409 g/mol. The van der Waals surface area contributed by atoms with Crippen molar-refractivity contribution in [2.45, 2.75) is 51.1 Å². The van der Waals surface area contributed by atoms with E-state index in [0.717, 1.165) is 49.9 Å². The first kappa shape index (κ1) is 19.8. The molecule has 2 bridgehead atoms. The van der Waals surface area contributed by atoms with Gasteiger partial charge >= 0.3 is 5.97 Å². The number of hydrogen-bond acceptors (Lipinski definition) is 4. The van der Waals surface area contributed by atoms with Crippen molar-refractivity contribution in [3.05, 3.63) is 47.5 Å². The molecule has 1 aromatic carbocycles. The lowest BCUT2D eigenvalue weighted by Gasteiger charge is -2.30. The second-order valence-electron chi connectivity index (χ2n) is 9.64. The molecule has 4 atom stereocenters. The fraction of sp³-hybridized carbons (Fsp3) is 0.600. The number of carbonyl (C=O) groups is 2. The minimum atomic E-state index is -0.306. The summed E-state index contributed by atoms with van der Waals surface area (Å²) in [5.74, 6) is 2.24. The predicted octanol–water partition coefficient (Wildman–Crippen LogP) is 3.55. The number of rotatable bonds is 8. The van der Waals surface area contributed by atoms with Crippen molar-refractivity contribution in [2.24, 2.45) is 23.2 Å². The van der Waals surface area contributed by atoms with Crippen LogP contribution in [0.15, 0.2) is 36.4 Å². The van der Waals surface area contributed by atoms with Gasteiger partial charge in [0.1, 0.15) is 0 Å². The van der Waals surface area contributed by atoms with E-state index in [1.54, 1.807) is 12.1 Å². The van der Waals surface area contributed by atoms with E-state index in [9.17, 15) is 9.59 Å². The summed E-state index contributed by atoms with van der Waals surface area (Å²) in [5, 5.41) is 3.51. The largest absolute Gasteiger partial charge is 0.465 e. The van der Waals surface area contributed by atoms with Crippen LogP contribution in [-0.4, -0.2) is 43.0 Å². The molecule has 160 valence electrons. The number of hydrogen-bond donors (Lipinski definition) is 1. The monoisotopic (exact) mass is 408 g/mol. The van der Waals surface area contributed by atoms with Gasteiger partial charge in [-0.25, -0.2) is 4.79 Å². The highest BCUT2D eigenvalue weighted by Gasteiger charge is 2.62. The third kappa shape index (κ3) is 3.47. The van der Waals surface area contributed by atoms with Gasteiger partial charge in [0, 0.05) is 25.6 Å². The highest BCUT2D eigenvalue weighted by Crippen LogP contribution is 2.70. The molecule has 1 N–H and O–H groups in total. The zero-order valence-electron chi connectivity index (χ0n) is 17.8. The molecule has 5 rings (SSSR count). The Morgan fingerprint density at radius 3 is 2.73 bits per heavy atom. The van der Waals surface area contributed by atoms with Crippen LogP contribution in [0, 0.1) is 23.2 Å². The molecule has 4 unspecified atom stereocenters. The number of benzene rings is 1. The second kappa shape index (κ2) is 7.84. The summed E-state index contributed by atoms with van der Waals surface area (Å²) in [7, 11) is 1.40. The lowest BCUT2D eigenvalue weighted by Crippen LogP contribution is -2.39. The van der Waals surface area contributed by atoms with Gasteiger partial charge in [-0.2, -0.15) is 0 Å². The maximum absolute atomic E-state index is 12.6. The second-order valence-corrected chi connectivity index (χ2v) is 9.64. The molecular formula is C25H32N2O3. The van der Waals surface area contributed by atoms with Gasteiger partial charge in [0.15, 0.2) is 0 Å². The van der Waals surface area contributed by atoms with Crippen molar-refractivity contribution >= 4 is 11.9 Å². The fourth-order valence-corrected chi connectivity index (χ4v) is 6.31. The van der Waals surface area contributed by atoms with Crippen molar-refractivity contribution in [2.75, 3.05) is 20.2 Å². The van der Waals surface area contributed by atoms with Crippen molar-refractivity contribution in [1.29, 1.82) is 0 Å². The maximum atomic E-state index is 12.6. The first-order valence-electron chi connectivity index (χ1n) is 11.5. The van der Waals surface area contributed by atoms with Crippen molar-refractivity contribution in [1.82, 2.24) is 10.2 Å². The van der Waals surface area contributed by atoms with Crippen LogP contribution in [0.4, 0.5) is 0 Å². The summed E-state index contributed by atoms with van der Waals surface area (Å²) >= 11 is 0. The lowest BCUT2D eigenvalue weighted by molar-refractivity contribution is -0.129. The summed E-state index contributed by atoms with van der Waals surface area (Å²) in [5.41, 5.74) is 2.32. The number of likely N-dealkylation sites (tertiary alicyclic amines) is 1.